The molecule has 0 bridgehead atoms. The van der Waals surface area contributed by atoms with Gasteiger partial charge in [-0.3, -0.25) is 4.79 Å². The Morgan fingerprint density at radius 2 is 2.00 bits per heavy atom. The Labute approximate surface area is 138 Å². The predicted octanol–water partition coefficient (Wildman–Crippen LogP) is -0.338. The van der Waals surface area contributed by atoms with Gasteiger partial charge in [0.2, 0.25) is 0 Å². The first-order chi connectivity index (χ1) is 10.9. The number of rotatable bonds is 3. The van der Waals surface area contributed by atoms with E-state index in [0.717, 1.165) is 19.5 Å². The van der Waals surface area contributed by atoms with E-state index in [-0.39, 0.29) is 29.5 Å². The van der Waals surface area contributed by atoms with E-state index in [1.54, 1.807) is 11.9 Å². The molecule has 1 unspecified atom stereocenters. The topological polar surface area (TPSA) is 58.9 Å². The molecule has 0 aliphatic carbocycles. The summed E-state index contributed by atoms with van der Waals surface area (Å²) in [4.78, 5) is 15.7. The van der Waals surface area contributed by atoms with Crippen LogP contribution in [-0.4, -0.2) is 56.4 Å². The van der Waals surface area contributed by atoms with Crippen LogP contribution in [0.1, 0.15) is 24.5 Å². The summed E-state index contributed by atoms with van der Waals surface area (Å²) in [6.45, 7) is 3.77. The zero-order valence-electron chi connectivity index (χ0n) is 13.8. The number of amides is 1. The first kappa shape index (κ1) is 16.5. The molecule has 1 aromatic rings. The van der Waals surface area contributed by atoms with Crippen molar-refractivity contribution in [2.45, 2.75) is 38.4 Å². The molecule has 2 heterocycles. The third-order valence-corrected chi connectivity index (χ3v) is 7.09. The maximum atomic E-state index is 12.8. The molecule has 1 fully saturated rings. The molecule has 126 valence electrons. The summed E-state index contributed by atoms with van der Waals surface area (Å²) in [5, 5.41) is 0. The molecular formula is C17H25N2O3S+. The van der Waals surface area contributed by atoms with Crippen LogP contribution in [0.5, 0.6) is 0 Å². The number of carbonyl (C=O) groups excluding carboxylic acids is 1. The Kier molecular flexibility index (Phi) is 4.47. The van der Waals surface area contributed by atoms with Gasteiger partial charge in [-0.2, -0.15) is 0 Å². The lowest BCUT2D eigenvalue weighted by Crippen LogP contribution is -3.16. The standard InChI is InChI=1S/C17H24N2O3S/c1-13(17(20)18(2)16-8-10-23(21,22)12-16)19-9-7-14-5-3-4-6-15(14)11-19/h3-6,13,16H,7-12H2,1-2H3/p+1/t13-,16-/m0/s1. The fraction of sp³-hybridized carbons (Fsp3) is 0.588. The minimum absolute atomic E-state index is 0.0569. The van der Waals surface area contributed by atoms with Gasteiger partial charge in [-0.25, -0.2) is 8.42 Å². The molecular weight excluding hydrogens is 312 g/mol. The van der Waals surface area contributed by atoms with Crippen LogP contribution in [0.15, 0.2) is 24.3 Å². The normalized spacial score (nSPS) is 27.2. The molecule has 0 radical (unpaired) electrons. The summed E-state index contributed by atoms with van der Waals surface area (Å²) in [6, 6.07) is 8.10. The second-order valence-corrected chi connectivity index (χ2v) is 9.06. The van der Waals surface area contributed by atoms with Crippen LogP contribution in [0, 0.1) is 0 Å². The fourth-order valence-electron chi connectivity index (χ4n) is 3.71. The monoisotopic (exact) mass is 337 g/mol. The first-order valence-corrected chi connectivity index (χ1v) is 10.1. The minimum atomic E-state index is -2.97. The second-order valence-electron chi connectivity index (χ2n) is 6.83. The molecule has 2 aliphatic heterocycles. The van der Waals surface area contributed by atoms with Crippen molar-refractivity contribution in [1.82, 2.24) is 4.90 Å². The third-order valence-electron chi connectivity index (χ3n) is 5.34. The first-order valence-electron chi connectivity index (χ1n) is 8.26. The number of hydrogen-bond acceptors (Lipinski definition) is 3. The summed E-state index contributed by atoms with van der Waals surface area (Å²) in [7, 11) is -1.21. The molecule has 0 spiro atoms. The van der Waals surface area contributed by atoms with Crippen LogP contribution in [0.2, 0.25) is 0 Å². The molecule has 3 atom stereocenters. The lowest BCUT2D eigenvalue weighted by Gasteiger charge is -2.33. The number of likely N-dealkylation sites (N-methyl/N-ethyl adjacent to an activating group) is 1. The largest absolute Gasteiger partial charge is 0.337 e. The summed E-state index contributed by atoms with van der Waals surface area (Å²) >= 11 is 0. The molecule has 5 nitrogen and oxygen atoms in total. The van der Waals surface area contributed by atoms with Crippen molar-refractivity contribution in [2.75, 3.05) is 25.1 Å². The van der Waals surface area contributed by atoms with Crippen molar-refractivity contribution in [2.24, 2.45) is 0 Å². The predicted molar refractivity (Wildman–Crippen MR) is 89.0 cm³/mol. The van der Waals surface area contributed by atoms with Crippen molar-refractivity contribution >= 4 is 15.7 Å². The summed E-state index contributed by atoms with van der Waals surface area (Å²) in [6.07, 6.45) is 1.56. The van der Waals surface area contributed by atoms with E-state index in [1.165, 1.54) is 16.0 Å². The van der Waals surface area contributed by atoms with Gasteiger partial charge in [-0.1, -0.05) is 24.3 Å². The van der Waals surface area contributed by atoms with Gasteiger partial charge in [0.05, 0.1) is 18.1 Å². The van der Waals surface area contributed by atoms with Gasteiger partial charge in [-0.15, -0.1) is 0 Å². The van der Waals surface area contributed by atoms with E-state index in [1.807, 2.05) is 13.0 Å². The van der Waals surface area contributed by atoms with Gasteiger partial charge >= 0.3 is 0 Å². The van der Waals surface area contributed by atoms with Gasteiger partial charge in [0, 0.05) is 25.1 Å². The molecule has 0 saturated carbocycles. The maximum absolute atomic E-state index is 12.8. The van der Waals surface area contributed by atoms with Crippen LogP contribution in [0.25, 0.3) is 0 Å². The molecule has 1 N–H and O–H groups in total. The Morgan fingerprint density at radius 1 is 1.30 bits per heavy atom. The van der Waals surface area contributed by atoms with Crippen molar-refractivity contribution in [3.63, 3.8) is 0 Å². The van der Waals surface area contributed by atoms with Crippen molar-refractivity contribution in [3.8, 4) is 0 Å². The highest BCUT2D eigenvalue weighted by atomic mass is 32.2. The number of fused-ring (bicyclic) bond motifs is 1. The average Bonchev–Trinajstić information content (AvgIpc) is 2.92. The van der Waals surface area contributed by atoms with Crippen LogP contribution >= 0.6 is 0 Å². The molecule has 23 heavy (non-hydrogen) atoms. The van der Waals surface area contributed by atoms with Crippen LogP contribution in [0.4, 0.5) is 0 Å². The number of sulfone groups is 1. The van der Waals surface area contributed by atoms with Crippen LogP contribution < -0.4 is 4.90 Å². The quantitative estimate of drug-likeness (QED) is 0.821. The maximum Gasteiger partial charge on any atom is 0.280 e. The summed E-state index contributed by atoms with van der Waals surface area (Å²) in [5.74, 6) is 0.370. The van der Waals surface area contributed by atoms with Gasteiger partial charge in [0.15, 0.2) is 15.9 Å². The molecule has 1 aromatic carbocycles. The van der Waals surface area contributed by atoms with Gasteiger partial charge < -0.3 is 9.80 Å². The lowest BCUT2D eigenvalue weighted by molar-refractivity contribution is -0.930. The van der Waals surface area contributed by atoms with E-state index in [0.29, 0.717) is 6.42 Å². The van der Waals surface area contributed by atoms with E-state index in [2.05, 4.69) is 18.2 Å². The van der Waals surface area contributed by atoms with Crippen LogP contribution in [0.3, 0.4) is 0 Å². The van der Waals surface area contributed by atoms with Crippen molar-refractivity contribution < 1.29 is 18.1 Å². The van der Waals surface area contributed by atoms with E-state index in [9.17, 15) is 13.2 Å². The molecule has 2 aliphatic rings. The highest BCUT2D eigenvalue weighted by molar-refractivity contribution is 7.91. The second kappa shape index (κ2) is 6.24. The smallest absolute Gasteiger partial charge is 0.280 e. The third kappa shape index (κ3) is 3.43. The van der Waals surface area contributed by atoms with Gasteiger partial charge in [0.25, 0.3) is 5.91 Å². The number of nitrogens with zero attached hydrogens (tertiary/aromatic N) is 1. The van der Waals surface area contributed by atoms with Crippen LogP contribution in [-0.2, 0) is 27.6 Å². The number of benzene rings is 1. The summed E-state index contributed by atoms with van der Waals surface area (Å²) in [5.41, 5.74) is 2.70. The zero-order valence-corrected chi connectivity index (χ0v) is 14.6. The Morgan fingerprint density at radius 3 is 2.65 bits per heavy atom. The molecule has 1 amide bonds. The Balaban J connectivity index is 1.66. The highest BCUT2D eigenvalue weighted by Gasteiger charge is 2.37. The highest BCUT2D eigenvalue weighted by Crippen LogP contribution is 2.17. The summed E-state index contributed by atoms with van der Waals surface area (Å²) < 4.78 is 23.3. The van der Waals surface area contributed by atoms with Crippen molar-refractivity contribution in [3.05, 3.63) is 35.4 Å². The molecule has 0 aromatic heterocycles. The van der Waals surface area contributed by atoms with Gasteiger partial charge in [-0.05, 0) is 18.9 Å². The fourth-order valence-corrected chi connectivity index (χ4v) is 5.49. The lowest BCUT2D eigenvalue weighted by atomic mass is 9.98. The van der Waals surface area contributed by atoms with E-state index < -0.39 is 9.84 Å². The van der Waals surface area contributed by atoms with E-state index in [4.69, 9.17) is 0 Å². The number of nitrogens with one attached hydrogen (secondary N) is 1. The molecule has 6 heteroatoms. The Hall–Kier alpha value is -1.40. The van der Waals surface area contributed by atoms with E-state index >= 15 is 0 Å². The molecule has 3 rings (SSSR count). The number of quaternary nitrogens is 1. The Bertz CT molecular complexity index is 702. The number of carbonyl (C=O) groups is 1. The minimum Gasteiger partial charge on any atom is -0.337 e. The van der Waals surface area contributed by atoms with Gasteiger partial charge in [0.1, 0.15) is 6.54 Å². The number of hydrogen-bond donors (Lipinski definition) is 1. The zero-order chi connectivity index (χ0) is 16.6. The average molecular weight is 337 g/mol. The molecule has 1 saturated heterocycles. The SMILES string of the molecule is C[C@@H](C(=O)N(C)[C@H]1CCS(=O)(=O)C1)[NH+]1CCc2ccccc2C1. The van der Waals surface area contributed by atoms with Crippen molar-refractivity contribution in [1.29, 1.82) is 0 Å².